The fourth-order valence-electron chi connectivity index (χ4n) is 7.13. The van der Waals surface area contributed by atoms with Crippen molar-refractivity contribution in [3.05, 3.63) is 64.7 Å². The molecule has 4 heteroatoms. The summed E-state index contributed by atoms with van der Waals surface area (Å²) in [5.41, 5.74) is 5.48. The van der Waals surface area contributed by atoms with Crippen LogP contribution in [0.4, 0.5) is 5.69 Å². The first-order valence-corrected chi connectivity index (χ1v) is 12.3. The third-order valence-corrected chi connectivity index (χ3v) is 8.59. The van der Waals surface area contributed by atoms with Crippen molar-refractivity contribution in [2.24, 2.45) is 17.3 Å². The average molecular weight is 446 g/mol. The highest BCUT2D eigenvalue weighted by atomic mass is 16.5. The van der Waals surface area contributed by atoms with Crippen molar-refractivity contribution >= 4 is 17.6 Å². The van der Waals surface area contributed by atoms with Gasteiger partial charge in [0.15, 0.2) is 6.10 Å². The van der Waals surface area contributed by atoms with Gasteiger partial charge in [-0.2, -0.15) is 0 Å². The van der Waals surface area contributed by atoms with Crippen LogP contribution in [-0.2, 0) is 19.7 Å². The monoisotopic (exact) mass is 445 g/mol. The molecule has 174 valence electrons. The molecule has 1 N–H and O–H groups in total. The summed E-state index contributed by atoms with van der Waals surface area (Å²) in [6.45, 7) is 8.02. The second-order valence-electron chi connectivity index (χ2n) is 11.2. The van der Waals surface area contributed by atoms with E-state index >= 15 is 0 Å². The number of aryl methyl sites for hydroxylation is 3. The van der Waals surface area contributed by atoms with Gasteiger partial charge in [0, 0.05) is 5.69 Å². The molecular formula is C29H35NO3. The molecule has 0 radical (unpaired) electrons. The van der Waals surface area contributed by atoms with E-state index in [1.165, 1.54) is 36.0 Å². The molecule has 33 heavy (non-hydrogen) atoms. The number of anilines is 1. The maximum atomic E-state index is 13.6. The smallest absolute Gasteiger partial charge is 0.312 e. The molecule has 0 aromatic heterocycles. The number of ether oxygens (including phenoxy) is 1. The van der Waals surface area contributed by atoms with E-state index in [9.17, 15) is 9.59 Å². The molecule has 4 bridgehead atoms. The Morgan fingerprint density at radius 1 is 0.939 bits per heavy atom. The van der Waals surface area contributed by atoms with Gasteiger partial charge in [0.05, 0.1) is 5.41 Å². The maximum Gasteiger partial charge on any atom is 0.312 e. The van der Waals surface area contributed by atoms with Crippen LogP contribution >= 0.6 is 0 Å². The molecule has 3 unspecified atom stereocenters. The third-order valence-electron chi connectivity index (χ3n) is 8.59. The van der Waals surface area contributed by atoms with Gasteiger partial charge < -0.3 is 10.1 Å². The normalized spacial score (nSPS) is 30.7. The van der Waals surface area contributed by atoms with Crippen molar-refractivity contribution in [2.75, 3.05) is 5.32 Å². The second-order valence-corrected chi connectivity index (χ2v) is 11.2. The summed E-state index contributed by atoms with van der Waals surface area (Å²) in [6, 6.07) is 14.5. The van der Waals surface area contributed by atoms with Crippen molar-refractivity contribution in [3.63, 3.8) is 0 Å². The highest BCUT2D eigenvalue weighted by Gasteiger charge is 2.61. The fraction of sp³-hybridized carbons (Fsp3) is 0.517. The SMILES string of the molecule is Cc1ccc(NC(=O)C(C)OC(=O)C23CC4CC(C2)CC(c2ccc(C)c(C)c2)(C4)C3)cc1. The van der Waals surface area contributed by atoms with Gasteiger partial charge in [0.2, 0.25) is 0 Å². The van der Waals surface area contributed by atoms with Crippen LogP contribution in [0.5, 0.6) is 0 Å². The lowest BCUT2D eigenvalue weighted by molar-refractivity contribution is -0.180. The molecule has 6 rings (SSSR count). The van der Waals surface area contributed by atoms with Crippen LogP contribution in [0.3, 0.4) is 0 Å². The van der Waals surface area contributed by atoms with Gasteiger partial charge in [-0.1, -0.05) is 35.9 Å². The first-order valence-electron chi connectivity index (χ1n) is 12.3. The molecule has 0 spiro atoms. The van der Waals surface area contributed by atoms with Crippen LogP contribution in [0.1, 0.15) is 67.7 Å². The summed E-state index contributed by atoms with van der Waals surface area (Å²) in [6.07, 6.45) is 5.41. The number of amides is 1. The number of rotatable bonds is 5. The molecule has 4 aliphatic rings. The molecule has 0 heterocycles. The summed E-state index contributed by atoms with van der Waals surface area (Å²) >= 11 is 0. The highest BCUT2D eigenvalue weighted by molar-refractivity contribution is 5.95. The molecular weight excluding hydrogens is 410 g/mol. The largest absolute Gasteiger partial charge is 0.452 e. The first-order chi connectivity index (χ1) is 15.7. The lowest BCUT2D eigenvalue weighted by atomic mass is 9.43. The summed E-state index contributed by atoms with van der Waals surface area (Å²) in [7, 11) is 0. The summed E-state index contributed by atoms with van der Waals surface area (Å²) in [5.74, 6) is 0.686. The molecule has 4 fully saturated rings. The van der Waals surface area contributed by atoms with E-state index in [-0.39, 0.29) is 17.3 Å². The molecule has 1 amide bonds. The molecule has 2 aromatic rings. The standard InChI is InChI=1S/C29H35NO3/c1-18-5-9-25(10-6-18)30-26(31)21(4)33-27(32)29-15-22-12-23(16-29)14-28(13-22,17-29)24-8-7-19(2)20(3)11-24/h5-11,21-23H,12-17H2,1-4H3,(H,30,31). The van der Waals surface area contributed by atoms with Gasteiger partial charge in [-0.25, -0.2) is 0 Å². The van der Waals surface area contributed by atoms with Gasteiger partial charge in [-0.15, -0.1) is 0 Å². The van der Waals surface area contributed by atoms with Crippen LogP contribution in [0.15, 0.2) is 42.5 Å². The predicted octanol–water partition coefficient (Wildman–Crippen LogP) is 6.02. The van der Waals surface area contributed by atoms with Gasteiger partial charge in [-0.3, -0.25) is 9.59 Å². The lowest BCUT2D eigenvalue weighted by Gasteiger charge is -2.61. The van der Waals surface area contributed by atoms with Crippen molar-refractivity contribution in [2.45, 2.75) is 77.7 Å². The van der Waals surface area contributed by atoms with E-state index in [0.717, 1.165) is 30.5 Å². The number of benzene rings is 2. The Morgan fingerprint density at radius 3 is 2.24 bits per heavy atom. The quantitative estimate of drug-likeness (QED) is 0.573. The maximum absolute atomic E-state index is 13.6. The van der Waals surface area contributed by atoms with E-state index < -0.39 is 11.5 Å². The summed E-state index contributed by atoms with van der Waals surface area (Å²) in [4.78, 5) is 26.3. The van der Waals surface area contributed by atoms with E-state index in [2.05, 4.69) is 37.4 Å². The number of hydrogen-bond donors (Lipinski definition) is 1. The molecule has 4 aliphatic carbocycles. The number of hydrogen-bond acceptors (Lipinski definition) is 3. The molecule has 4 nitrogen and oxygen atoms in total. The Kier molecular flexibility index (Phi) is 5.38. The topological polar surface area (TPSA) is 55.4 Å². The van der Waals surface area contributed by atoms with E-state index in [0.29, 0.717) is 11.8 Å². The van der Waals surface area contributed by atoms with Gasteiger partial charge >= 0.3 is 5.97 Å². The summed E-state index contributed by atoms with van der Waals surface area (Å²) in [5, 5.41) is 2.88. The van der Waals surface area contributed by atoms with Crippen molar-refractivity contribution < 1.29 is 14.3 Å². The van der Waals surface area contributed by atoms with Crippen LogP contribution in [0.2, 0.25) is 0 Å². The van der Waals surface area contributed by atoms with Crippen molar-refractivity contribution in [1.29, 1.82) is 0 Å². The lowest BCUT2D eigenvalue weighted by Crippen LogP contribution is -2.57. The van der Waals surface area contributed by atoms with E-state index in [4.69, 9.17) is 4.74 Å². The fourth-order valence-corrected chi connectivity index (χ4v) is 7.13. The van der Waals surface area contributed by atoms with Crippen LogP contribution < -0.4 is 5.32 Å². The first kappa shape index (κ1) is 22.2. The Bertz CT molecular complexity index is 1070. The zero-order valence-electron chi connectivity index (χ0n) is 20.2. The Hall–Kier alpha value is -2.62. The summed E-state index contributed by atoms with van der Waals surface area (Å²) < 4.78 is 5.87. The van der Waals surface area contributed by atoms with E-state index in [1.807, 2.05) is 31.2 Å². The highest BCUT2D eigenvalue weighted by Crippen LogP contribution is 2.66. The number of nitrogens with one attached hydrogen (secondary N) is 1. The van der Waals surface area contributed by atoms with Crippen molar-refractivity contribution in [1.82, 2.24) is 0 Å². The van der Waals surface area contributed by atoms with Crippen LogP contribution in [0.25, 0.3) is 0 Å². The van der Waals surface area contributed by atoms with Crippen molar-refractivity contribution in [3.8, 4) is 0 Å². The zero-order valence-corrected chi connectivity index (χ0v) is 20.2. The molecule has 0 aliphatic heterocycles. The predicted molar refractivity (Wildman–Crippen MR) is 130 cm³/mol. The second kappa shape index (κ2) is 8.00. The zero-order chi connectivity index (χ0) is 23.4. The number of carbonyl (C=O) groups is 2. The molecule has 0 saturated heterocycles. The average Bonchev–Trinajstić information content (AvgIpc) is 2.76. The minimum atomic E-state index is -0.815. The van der Waals surface area contributed by atoms with Gasteiger partial charge in [0.1, 0.15) is 0 Å². The third kappa shape index (κ3) is 3.98. The number of carbonyl (C=O) groups excluding carboxylic acids is 2. The Morgan fingerprint density at radius 2 is 1.61 bits per heavy atom. The van der Waals surface area contributed by atoms with Gasteiger partial charge in [0.25, 0.3) is 5.91 Å². The van der Waals surface area contributed by atoms with Crippen LogP contribution in [-0.4, -0.2) is 18.0 Å². The van der Waals surface area contributed by atoms with E-state index in [1.54, 1.807) is 6.92 Å². The van der Waals surface area contributed by atoms with Gasteiger partial charge in [-0.05, 0) is 112 Å². The Balaban J connectivity index is 1.34. The number of esters is 1. The minimum Gasteiger partial charge on any atom is -0.452 e. The Labute approximate surface area is 197 Å². The van der Waals surface area contributed by atoms with Crippen LogP contribution in [0, 0.1) is 38.0 Å². The minimum absolute atomic E-state index is 0.0644. The molecule has 3 atom stereocenters. The molecule has 2 aromatic carbocycles. The molecule has 4 saturated carbocycles.